The summed E-state index contributed by atoms with van der Waals surface area (Å²) in [5.74, 6) is 0.553. The lowest BCUT2D eigenvalue weighted by Gasteiger charge is -2.23. The SMILES string of the molecule is CCN(C(C)C)S(=O)(=O)CCCCl. The molecule has 0 spiro atoms. The number of hydrogen-bond acceptors (Lipinski definition) is 2. The zero-order chi connectivity index (χ0) is 10.5. The number of nitrogens with zero attached hydrogens (tertiary/aromatic N) is 1. The zero-order valence-electron chi connectivity index (χ0n) is 8.46. The molecule has 0 saturated carbocycles. The first-order valence-corrected chi connectivity index (χ1v) is 6.65. The van der Waals surface area contributed by atoms with Crippen LogP contribution in [0.5, 0.6) is 0 Å². The van der Waals surface area contributed by atoms with Crippen LogP contribution in [0, 0.1) is 0 Å². The van der Waals surface area contributed by atoms with Crippen molar-refractivity contribution in [3.05, 3.63) is 0 Å². The van der Waals surface area contributed by atoms with Gasteiger partial charge in [0.2, 0.25) is 10.0 Å². The number of halogens is 1. The van der Waals surface area contributed by atoms with E-state index in [-0.39, 0.29) is 11.8 Å². The Morgan fingerprint density at radius 3 is 2.23 bits per heavy atom. The Bertz CT molecular complexity index is 226. The van der Waals surface area contributed by atoms with Gasteiger partial charge in [-0.1, -0.05) is 6.92 Å². The lowest BCUT2D eigenvalue weighted by molar-refractivity contribution is 0.369. The summed E-state index contributed by atoms with van der Waals surface area (Å²) in [7, 11) is -3.08. The predicted octanol–water partition coefficient (Wildman–Crippen LogP) is 1.68. The smallest absolute Gasteiger partial charge is 0.212 e. The first-order valence-electron chi connectivity index (χ1n) is 4.51. The maximum Gasteiger partial charge on any atom is 0.214 e. The highest BCUT2D eigenvalue weighted by molar-refractivity contribution is 7.89. The molecule has 0 aromatic rings. The number of sulfonamides is 1. The summed E-state index contributed by atoms with van der Waals surface area (Å²) < 4.78 is 24.8. The van der Waals surface area contributed by atoms with Crippen LogP contribution in [0.15, 0.2) is 0 Å². The summed E-state index contributed by atoms with van der Waals surface area (Å²) in [6.45, 7) is 6.13. The molecule has 0 rings (SSSR count). The molecule has 0 aromatic carbocycles. The molecule has 13 heavy (non-hydrogen) atoms. The number of alkyl halides is 1. The van der Waals surface area contributed by atoms with Crippen molar-refractivity contribution in [2.75, 3.05) is 18.2 Å². The first-order chi connectivity index (χ1) is 5.95. The summed E-state index contributed by atoms with van der Waals surface area (Å²) in [6, 6.07) is 0.0327. The number of hydrogen-bond donors (Lipinski definition) is 0. The van der Waals surface area contributed by atoms with Gasteiger partial charge in [0.25, 0.3) is 0 Å². The topological polar surface area (TPSA) is 37.4 Å². The fraction of sp³-hybridized carbons (Fsp3) is 1.00. The summed E-state index contributed by atoms with van der Waals surface area (Å²) in [5.41, 5.74) is 0. The zero-order valence-corrected chi connectivity index (χ0v) is 10.0. The van der Waals surface area contributed by atoms with Crippen molar-refractivity contribution in [3.63, 3.8) is 0 Å². The van der Waals surface area contributed by atoms with Crippen molar-refractivity contribution in [1.82, 2.24) is 4.31 Å². The molecule has 0 saturated heterocycles. The van der Waals surface area contributed by atoms with Crippen molar-refractivity contribution >= 4 is 21.6 Å². The van der Waals surface area contributed by atoms with Crippen LogP contribution in [0.1, 0.15) is 27.2 Å². The predicted molar refractivity (Wildman–Crippen MR) is 56.6 cm³/mol. The van der Waals surface area contributed by atoms with E-state index in [0.717, 1.165) is 0 Å². The Hall–Kier alpha value is 0.200. The van der Waals surface area contributed by atoms with E-state index < -0.39 is 10.0 Å². The maximum atomic E-state index is 11.6. The average molecular weight is 228 g/mol. The third kappa shape index (κ3) is 4.29. The summed E-state index contributed by atoms with van der Waals surface area (Å²) >= 11 is 5.45. The average Bonchev–Trinajstić information content (AvgIpc) is 2.01. The Kier molecular flexibility index (Phi) is 5.92. The monoisotopic (exact) mass is 227 g/mol. The van der Waals surface area contributed by atoms with Crippen LogP contribution >= 0.6 is 11.6 Å². The van der Waals surface area contributed by atoms with Gasteiger partial charge in [-0.05, 0) is 20.3 Å². The van der Waals surface area contributed by atoms with Gasteiger partial charge in [0, 0.05) is 18.5 Å². The summed E-state index contributed by atoms with van der Waals surface area (Å²) in [6.07, 6.45) is 0.521. The van der Waals surface area contributed by atoms with Gasteiger partial charge < -0.3 is 0 Å². The van der Waals surface area contributed by atoms with Gasteiger partial charge in [-0.15, -0.1) is 11.6 Å². The Morgan fingerprint density at radius 1 is 1.38 bits per heavy atom. The van der Waals surface area contributed by atoms with E-state index in [4.69, 9.17) is 11.6 Å². The molecular formula is C8H18ClNO2S. The van der Waals surface area contributed by atoms with Gasteiger partial charge in [-0.25, -0.2) is 8.42 Å². The minimum Gasteiger partial charge on any atom is -0.212 e. The summed E-state index contributed by atoms with van der Waals surface area (Å²) in [5, 5.41) is 0. The van der Waals surface area contributed by atoms with Crippen molar-refractivity contribution < 1.29 is 8.42 Å². The normalized spacial score (nSPS) is 12.8. The lowest BCUT2D eigenvalue weighted by Crippen LogP contribution is -2.38. The molecule has 5 heteroatoms. The van der Waals surface area contributed by atoms with E-state index in [1.165, 1.54) is 4.31 Å². The fourth-order valence-corrected chi connectivity index (χ4v) is 3.31. The van der Waals surface area contributed by atoms with Crippen molar-refractivity contribution in [3.8, 4) is 0 Å². The molecule has 0 fully saturated rings. The minimum absolute atomic E-state index is 0.0327. The van der Waals surface area contributed by atoms with Gasteiger partial charge in [0.1, 0.15) is 0 Å². The molecule has 0 aliphatic rings. The van der Waals surface area contributed by atoms with E-state index >= 15 is 0 Å². The quantitative estimate of drug-likeness (QED) is 0.648. The molecule has 0 radical (unpaired) electrons. The fourth-order valence-electron chi connectivity index (χ4n) is 1.24. The van der Waals surface area contributed by atoms with Gasteiger partial charge in [0.05, 0.1) is 5.75 Å². The van der Waals surface area contributed by atoms with Crippen LogP contribution in [-0.4, -0.2) is 36.9 Å². The van der Waals surface area contributed by atoms with E-state index in [1.807, 2.05) is 20.8 Å². The van der Waals surface area contributed by atoms with Crippen molar-refractivity contribution in [1.29, 1.82) is 0 Å². The maximum absolute atomic E-state index is 11.6. The van der Waals surface area contributed by atoms with Crippen molar-refractivity contribution in [2.45, 2.75) is 33.2 Å². The van der Waals surface area contributed by atoms with Crippen LogP contribution in [0.2, 0.25) is 0 Å². The molecule has 0 heterocycles. The highest BCUT2D eigenvalue weighted by Gasteiger charge is 2.22. The molecule has 0 bridgehead atoms. The van der Waals surface area contributed by atoms with Gasteiger partial charge in [-0.2, -0.15) is 4.31 Å². The van der Waals surface area contributed by atoms with Gasteiger partial charge >= 0.3 is 0 Å². The summed E-state index contributed by atoms with van der Waals surface area (Å²) in [4.78, 5) is 0. The second-order valence-corrected chi connectivity index (χ2v) is 5.57. The van der Waals surface area contributed by atoms with Crippen LogP contribution < -0.4 is 0 Å². The minimum atomic E-state index is -3.08. The highest BCUT2D eigenvalue weighted by atomic mass is 35.5. The molecule has 0 N–H and O–H groups in total. The van der Waals surface area contributed by atoms with Crippen LogP contribution in [0.4, 0.5) is 0 Å². The van der Waals surface area contributed by atoms with Crippen LogP contribution in [0.25, 0.3) is 0 Å². The van der Waals surface area contributed by atoms with Crippen LogP contribution in [-0.2, 0) is 10.0 Å². The second-order valence-electron chi connectivity index (χ2n) is 3.16. The molecule has 0 unspecified atom stereocenters. The van der Waals surface area contributed by atoms with E-state index in [2.05, 4.69) is 0 Å². The lowest BCUT2D eigenvalue weighted by atomic mass is 10.4. The molecule has 0 aliphatic carbocycles. The van der Waals surface area contributed by atoms with E-state index in [9.17, 15) is 8.42 Å². The van der Waals surface area contributed by atoms with Crippen molar-refractivity contribution in [2.24, 2.45) is 0 Å². The largest absolute Gasteiger partial charge is 0.214 e. The molecule has 80 valence electrons. The Labute approximate surface area is 86.1 Å². The van der Waals surface area contributed by atoms with Gasteiger partial charge in [-0.3, -0.25) is 0 Å². The third-order valence-electron chi connectivity index (χ3n) is 1.78. The Balaban J connectivity index is 4.40. The number of rotatable bonds is 6. The second kappa shape index (κ2) is 5.83. The van der Waals surface area contributed by atoms with Crippen LogP contribution in [0.3, 0.4) is 0 Å². The molecule has 0 aliphatic heterocycles. The third-order valence-corrected chi connectivity index (χ3v) is 4.25. The highest BCUT2D eigenvalue weighted by Crippen LogP contribution is 2.08. The molecule has 0 amide bonds. The standard InChI is InChI=1S/C8H18ClNO2S/c1-4-10(8(2)3)13(11,12)7-5-6-9/h8H,4-7H2,1-3H3. The first kappa shape index (κ1) is 13.2. The van der Waals surface area contributed by atoms with E-state index in [1.54, 1.807) is 0 Å². The molecular weight excluding hydrogens is 210 g/mol. The Morgan fingerprint density at radius 2 is 1.92 bits per heavy atom. The molecule has 3 nitrogen and oxygen atoms in total. The molecule has 0 aromatic heterocycles. The molecule has 0 atom stereocenters. The van der Waals surface area contributed by atoms with Gasteiger partial charge in [0.15, 0.2) is 0 Å². The van der Waals surface area contributed by atoms with E-state index in [0.29, 0.717) is 18.8 Å².